The van der Waals surface area contributed by atoms with Gasteiger partial charge < -0.3 is 21.3 Å². The summed E-state index contributed by atoms with van der Waals surface area (Å²) >= 11 is 0. The van der Waals surface area contributed by atoms with E-state index >= 15 is 0 Å². The largest absolute Gasteiger partial charge is 0.480 e. The summed E-state index contributed by atoms with van der Waals surface area (Å²) in [5.74, 6) is -3.06. The molecule has 0 spiro atoms. The van der Waals surface area contributed by atoms with Crippen LogP contribution >= 0.6 is 0 Å². The van der Waals surface area contributed by atoms with E-state index < -0.39 is 29.9 Å². The normalized spacial score (nSPS) is 14.1. The molecule has 0 unspecified atom stereocenters. The Labute approximate surface area is 99.0 Å². The highest BCUT2D eigenvalue weighted by atomic mass is 16.4. The predicted molar refractivity (Wildman–Crippen MR) is 59.2 cm³/mol. The van der Waals surface area contributed by atoms with Crippen LogP contribution in [0.1, 0.15) is 26.7 Å². The molecule has 0 heterocycles. The quantitative estimate of drug-likeness (QED) is 0.474. The van der Waals surface area contributed by atoms with Gasteiger partial charge in [-0.3, -0.25) is 9.59 Å². The highest BCUT2D eigenvalue weighted by Gasteiger charge is 2.23. The van der Waals surface area contributed by atoms with Crippen LogP contribution in [0.15, 0.2) is 0 Å². The average Bonchev–Trinajstić information content (AvgIpc) is 2.21. The molecular formula is C10H18N2O5. The summed E-state index contributed by atoms with van der Waals surface area (Å²) in [5.41, 5.74) is 5.22. The molecule has 0 aromatic rings. The van der Waals surface area contributed by atoms with Gasteiger partial charge in [0.2, 0.25) is 5.91 Å². The van der Waals surface area contributed by atoms with Crippen LogP contribution in [0.4, 0.5) is 0 Å². The van der Waals surface area contributed by atoms with E-state index in [1.54, 1.807) is 13.8 Å². The van der Waals surface area contributed by atoms with Crippen molar-refractivity contribution in [2.75, 3.05) is 0 Å². The molecule has 7 nitrogen and oxygen atoms in total. The summed E-state index contributed by atoms with van der Waals surface area (Å²) in [6.07, 6.45) is -0.129. The third-order valence-electron chi connectivity index (χ3n) is 2.25. The van der Waals surface area contributed by atoms with E-state index in [2.05, 4.69) is 5.32 Å². The van der Waals surface area contributed by atoms with Crippen molar-refractivity contribution in [3.05, 3.63) is 0 Å². The molecule has 0 saturated carbocycles. The van der Waals surface area contributed by atoms with Gasteiger partial charge in [-0.15, -0.1) is 0 Å². The number of amides is 1. The molecule has 0 aliphatic rings. The van der Waals surface area contributed by atoms with Gasteiger partial charge in [-0.05, 0) is 12.3 Å². The predicted octanol–water partition coefficient (Wildman–Crippen LogP) is -0.596. The van der Waals surface area contributed by atoms with Gasteiger partial charge in [-0.1, -0.05) is 13.8 Å². The van der Waals surface area contributed by atoms with Crippen LogP contribution in [0, 0.1) is 5.92 Å². The Kier molecular flexibility index (Phi) is 6.19. The van der Waals surface area contributed by atoms with E-state index in [0.29, 0.717) is 0 Å². The Morgan fingerprint density at radius 1 is 1.18 bits per heavy atom. The lowest BCUT2D eigenvalue weighted by Crippen LogP contribution is -2.44. The molecule has 0 rings (SSSR count). The van der Waals surface area contributed by atoms with Crippen molar-refractivity contribution in [1.82, 2.24) is 5.32 Å². The molecule has 5 N–H and O–H groups in total. The van der Waals surface area contributed by atoms with E-state index in [-0.39, 0.29) is 18.8 Å². The van der Waals surface area contributed by atoms with E-state index in [1.807, 2.05) is 0 Å². The summed E-state index contributed by atoms with van der Waals surface area (Å²) in [7, 11) is 0. The van der Waals surface area contributed by atoms with Crippen molar-refractivity contribution in [2.24, 2.45) is 11.7 Å². The first kappa shape index (κ1) is 15.4. The van der Waals surface area contributed by atoms with Crippen molar-refractivity contribution in [1.29, 1.82) is 0 Å². The lowest BCUT2D eigenvalue weighted by atomic mass is 10.0. The second-order valence-corrected chi connectivity index (χ2v) is 4.11. The fourth-order valence-corrected chi connectivity index (χ4v) is 1.17. The van der Waals surface area contributed by atoms with Gasteiger partial charge in [0.1, 0.15) is 12.1 Å². The van der Waals surface area contributed by atoms with Crippen LogP contribution in [-0.4, -0.2) is 40.1 Å². The fourth-order valence-electron chi connectivity index (χ4n) is 1.17. The molecule has 0 bridgehead atoms. The highest BCUT2D eigenvalue weighted by Crippen LogP contribution is 2.03. The number of carbonyl (C=O) groups is 3. The Morgan fingerprint density at radius 2 is 1.71 bits per heavy atom. The van der Waals surface area contributed by atoms with E-state index in [0.717, 1.165) is 0 Å². The lowest BCUT2D eigenvalue weighted by molar-refractivity contribution is -0.143. The molecule has 0 saturated heterocycles. The number of hydrogen-bond acceptors (Lipinski definition) is 4. The maximum absolute atomic E-state index is 11.4. The molecule has 2 atom stereocenters. The van der Waals surface area contributed by atoms with E-state index in [9.17, 15) is 14.4 Å². The summed E-state index contributed by atoms with van der Waals surface area (Å²) in [6.45, 7) is 3.34. The van der Waals surface area contributed by atoms with Gasteiger partial charge in [0, 0.05) is 6.42 Å². The minimum Gasteiger partial charge on any atom is -0.480 e. The minimum atomic E-state index is -1.18. The molecular weight excluding hydrogens is 228 g/mol. The number of carbonyl (C=O) groups excluding carboxylic acids is 1. The third-order valence-corrected chi connectivity index (χ3v) is 2.25. The summed E-state index contributed by atoms with van der Waals surface area (Å²) in [4.78, 5) is 32.6. The zero-order valence-electron chi connectivity index (χ0n) is 9.84. The smallest absolute Gasteiger partial charge is 0.326 e. The minimum absolute atomic E-state index is 0.0222. The highest BCUT2D eigenvalue weighted by molar-refractivity contribution is 5.84. The zero-order valence-corrected chi connectivity index (χ0v) is 9.84. The first-order valence-electron chi connectivity index (χ1n) is 5.26. The van der Waals surface area contributed by atoms with Gasteiger partial charge in [0.25, 0.3) is 0 Å². The van der Waals surface area contributed by atoms with E-state index in [4.69, 9.17) is 15.9 Å². The average molecular weight is 246 g/mol. The molecule has 0 aromatic heterocycles. The molecule has 17 heavy (non-hydrogen) atoms. The van der Waals surface area contributed by atoms with Gasteiger partial charge in [-0.2, -0.15) is 0 Å². The third kappa shape index (κ3) is 5.86. The maximum atomic E-state index is 11.4. The Morgan fingerprint density at radius 3 is 2.06 bits per heavy atom. The van der Waals surface area contributed by atoms with Crippen LogP contribution in [0.2, 0.25) is 0 Å². The van der Waals surface area contributed by atoms with Crippen LogP contribution in [-0.2, 0) is 14.4 Å². The van der Waals surface area contributed by atoms with Gasteiger partial charge in [0.05, 0.1) is 0 Å². The number of rotatable bonds is 7. The lowest BCUT2D eigenvalue weighted by Gasteiger charge is -2.18. The second kappa shape index (κ2) is 6.85. The molecule has 1 amide bonds. The standard InChI is InChI=1S/C10H18N2O5/c1-5(2)8(10(16)17)12-7(13)4-3-6(11)9(14)15/h5-6,8H,3-4,11H2,1-2H3,(H,12,13)(H,14,15)(H,16,17)/t6-,8-/m1/s1. The van der Waals surface area contributed by atoms with Crippen molar-refractivity contribution >= 4 is 17.8 Å². The number of nitrogens with one attached hydrogen (secondary N) is 1. The summed E-state index contributed by atoms with van der Waals surface area (Å²) < 4.78 is 0. The molecule has 98 valence electrons. The number of carboxylic acid groups (broad SMARTS) is 2. The summed E-state index contributed by atoms with van der Waals surface area (Å²) in [6, 6.07) is -2.08. The van der Waals surface area contributed by atoms with Gasteiger partial charge in [-0.25, -0.2) is 4.79 Å². The van der Waals surface area contributed by atoms with Crippen molar-refractivity contribution < 1.29 is 24.6 Å². The van der Waals surface area contributed by atoms with Crippen molar-refractivity contribution in [3.63, 3.8) is 0 Å². The molecule has 0 aliphatic heterocycles. The van der Waals surface area contributed by atoms with Crippen LogP contribution in [0.25, 0.3) is 0 Å². The molecule has 0 aromatic carbocycles. The monoisotopic (exact) mass is 246 g/mol. The molecule has 0 radical (unpaired) electrons. The van der Waals surface area contributed by atoms with E-state index in [1.165, 1.54) is 0 Å². The first-order chi connectivity index (χ1) is 7.75. The SMILES string of the molecule is CC(C)[C@@H](NC(=O)CC[C@@H](N)C(=O)O)C(=O)O. The molecule has 0 fully saturated rings. The Bertz CT molecular complexity index is 303. The van der Waals surface area contributed by atoms with Crippen molar-refractivity contribution in [2.45, 2.75) is 38.8 Å². The molecule has 7 heteroatoms. The molecule has 0 aliphatic carbocycles. The second-order valence-electron chi connectivity index (χ2n) is 4.11. The number of nitrogens with two attached hydrogens (primary N) is 1. The number of aliphatic carboxylic acids is 2. The topological polar surface area (TPSA) is 130 Å². The van der Waals surface area contributed by atoms with Crippen LogP contribution in [0.5, 0.6) is 0 Å². The first-order valence-corrected chi connectivity index (χ1v) is 5.26. The van der Waals surface area contributed by atoms with Gasteiger partial charge >= 0.3 is 11.9 Å². The van der Waals surface area contributed by atoms with Crippen LogP contribution in [0.3, 0.4) is 0 Å². The Hall–Kier alpha value is -1.63. The number of carboxylic acids is 2. The number of hydrogen-bond donors (Lipinski definition) is 4. The van der Waals surface area contributed by atoms with Crippen molar-refractivity contribution in [3.8, 4) is 0 Å². The zero-order chi connectivity index (χ0) is 13.6. The van der Waals surface area contributed by atoms with Crippen LogP contribution < -0.4 is 11.1 Å². The Balaban J connectivity index is 4.16. The van der Waals surface area contributed by atoms with Gasteiger partial charge in [0.15, 0.2) is 0 Å². The summed E-state index contributed by atoms with van der Waals surface area (Å²) in [5, 5.41) is 19.7. The fraction of sp³-hybridized carbons (Fsp3) is 0.700. The maximum Gasteiger partial charge on any atom is 0.326 e.